The van der Waals surface area contributed by atoms with Crippen LogP contribution in [0.1, 0.15) is 18.1 Å². The number of amides is 3. The first kappa shape index (κ1) is 25.6. The largest absolute Gasteiger partial charge is 0.495 e. The van der Waals surface area contributed by atoms with E-state index in [2.05, 4.69) is 21.2 Å². The molecule has 0 radical (unpaired) electrons. The first-order valence-electron chi connectivity index (χ1n) is 9.76. The van der Waals surface area contributed by atoms with Crippen molar-refractivity contribution in [2.24, 2.45) is 0 Å². The van der Waals surface area contributed by atoms with Crippen molar-refractivity contribution < 1.29 is 37.0 Å². The van der Waals surface area contributed by atoms with Crippen LogP contribution in [0.15, 0.2) is 45.8 Å². The van der Waals surface area contributed by atoms with Gasteiger partial charge in [-0.05, 0) is 61.2 Å². The molecule has 1 aliphatic rings. The van der Waals surface area contributed by atoms with Crippen LogP contribution in [0.2, 0.25) is 0 Å². The van der Waals surface area contributed by atoms with E-state index in [4.69, 9.17) is 9.47 Å². The van der Waals surface area contributed by atoms with E-state index in [1.807, 2.05) is 0 Å². The third-order valence-corrected chi connectivity index (χ3v) is 5.94. The van der Waals surface area contributed by atoms with E-state index in [1.165, 1.54) is 13.2 Å². The van der Waals surface area contributed by atoms with E-state index in [-0.39, 0.29) is 16.3 Å². The van der Waals surface area contributed by atoms with Gasteiger partial charge >= 0.3 is 6.18 Å². The molecule has 3 amide bonds. The fraction of sp³-hybridized carbons (Fsp3) is 0.227. The Morgan fingerprint density at radius 3 is 2.53 bits per heavy atom. The number of thioether (sulfide) groups is 1. The van der Waals surface area contributed by atoms with Gasteiger partial charge in [0.05, 0.1) is 29.9 Å². The summed E-state index contributed by atoms with van der Waals surface area (Å²) in [6, 6.07) is 7.78. The molecule has 1 heterocycles. The summed E-state index contributed by atoms with van der Waals surface area (Å²) in [5.41, 5.74) is -0.669. The molecule has 1 N–H and O–H groups in total. The van der Waals surface area contributed by atoms with Crippen LogP contribution < -0.4 is 14.8 Å². The highest BCUT2D eigenvalue weighted by Crippen LogP contribution is 2.36. The lowest BCUT2D eigenvalue weighted by Crippen LogP contribution is -2.36. The highest BCUT2D eigenvalue weighted by molar-refractivity contribution is 9.10. The minimum Gasteiger partial charge on any atom is -0.495 e. The standard InChI is InChI=1S/C22H18BrF3N2O5S/c1-3-33-16-7-5-14(23)8-12(16)9-18-20(30)28(21(31)34-18)11-19(29)27-15-10-13(22(24,25)26)4-6-17(15)32-2/h4-10H,3,11H2,1-2H3,(H,27,29)/b18-9-. The van der Waals surface area contributed by atoms with Crippen LogP contribution in [0.4, 0.5) is 23.7 Å². The number of imide groups is 1. The molecule has 7 nitrogen and oxygen atoms in total. The Hall–Kier alpha value is -2.99. The first-order valence-corrected chi connectivity index (χ1v) is 11.4. The van der Waals surface area contributed by atoms with E-state index in [9.17, 15) is 27.6 Å². The van der Waals surface area contributed by atoms with Crippen molar-refractivity contribution in [1.82, 2.24) is 4.90 Å². The Kier molecular flexibility index (Phi) is 7.93. The number of carbonyl (C=O) groups excluding carboxylic acids is 3. The van der Waals surface area contributed by atoms with Gasteiger partial charge in [-0.2, -0.15) is 13.2 Å². The normalized spacial score (nSPS) is 15.1. The molecule has 0 unspecified atom stereocenters. The van der Waals surface area contributed by atoms with Crippen LogP contribution in [0.25, 0.3) is 6.08 Å². The first-order chi connectivity index (χ1) is 16.0. The van der Waals surface area contributed by atoms with E-state index in [0.29, 0.717) is 40.6 Å². The zero-order valence-electron chi connectivity index (χ0n) is 17.9. The Morgan fingerprint density at radius 2 is 1.88 bits per heavy atom. The Labute approximate surface area is 205 Å². The zero-order valence-corrected chi connectivity index (χ0v) is 20.3. The minimum absolute atomic E-state index is 0.00603. The van der Waals surface area contributed by atoms with E-state index in [1.54, 1.807) is 25.1 Å². The topological polar surface area (TPSA) is 84.9 Å². The van der Waals surface area contributed by atoms with Gasteiger partial charge in [-0.15, -0.1) is 0 Å². The summed E-state index contributed by atoms with van der Waals surface area (Å²) in [7, 11) is 1.23. The predicted octanol–water partition coefficient (Wildman–Crippen LogP) is 5.55. The highest BCUT2D eigenvalue weighted by atomic mass is 79.9. The zero-order chi connectivity index (χ0) is 25.0. The lowest BCUT2D eigenvalue weighted by atomic mass is 10.1. The van der Waals surface area contributed by atoms with Gasteiger partial charge in [0.2, 0.25) is 5.91 Å². The van der Waals surface area contributed by atoms with Gasteiger partial charge in [-0.25, -0.2) is 0 Å². The van der Waals surface area contributed by atoms with Crippen molar-refractivity contribution in [3.8, 4) is 11.5 Å². The molecule has 12 heteroatoms. The number of carbonyl (C=O) groups is 3. The predicted molar refractivity (Wildman–Crippen MR) is 125 cm³/mol. The smallest absolute Gasteiger partial charge is 0.416 e. The minimum atomic E-state index is -4.63. The summed E-state index contributed by atoms with van der Waals surface area (Å²) in [6.45, 7) is 1.51. The molecule has 2 aromatic rings. The van der Waals surface area contributed by atoms with Gasteiger partial charge in [0, 0.05) is 10.0 Å². The molecule has 34 heavy (non-hydrogen) atoms. The van der Waals surface area contributed by atoms with Gasteiger partial charge in [-0.3, -0.25) is 19.3 Å². The van der Waals surface area contributed by atoms with Gasteiger partial charge < -0.3 is 14.8 Å². The van der Waals surface area contributed by atoms with Gasteiger partial charge in [0.1, 0.15) is 18.0 Å². The summed E-state index contributed by atoms with van der Waals surface area (Å²) in [5.74, 6) is -1.07. The molecule has 0 saturated carbocycles. The Morgan fingerprint density at radius 1 is 1.18 bits per heavy atom. The number of alkyl halides is 3. The number of hydrogen-bond donors (Lipinski definition) is 1. The third kappa shape index (κ3) is 5.92. The van der Waals surface area contributed by atoms with Crippen LogP contribution in [-0.4, -0.2) is 42.2 Å². The van der Waals surface area contributed by atoms with Crippen LogP contribution in [-0.2, 0) is 15.8 Å². The van der Waals surface area contributed by atoms with Crippen molar-refractivity contribution in [2.45, 2.75) is 13.1 Å². The molecule has 0 spiro atoms. The summed E-state index contributed by atoms with van der Waals surface area (Å²) < 4.78 is 50.3. The van der Waals surface area contributed by atoms with Crippen LogP contribution in [0.5, 0.6) is 11.5 Å². The number of ether oxygens (including phenoxy) is 2. The summed E-state index contributed by atoms with van der Waals surface area (Å²) in [6.07, 6.45) is -3.15. The molecule has 1 fully saturated rings. The number of nitrogens with one attached hydrogen (secondary N) is 1. The van der Waals surface area contributed by atoms with Crippen molar-refractivity contribution in [3.05, 3.63) is 56.9 Å². The van der Waals surface area contributed by atoms with Crippen LogP contribution in [0.3, 0.4) is 0 Å². The summed E-state index contributed by atoms with van der Waals surface area (Å²) >= 11 is 3.99. The van der Waals surface area contributed by atoms with Crippen molar-refractivity contribution in [3.63, 3.8) is 0 Å². The molecule has 0 aliphatic carbocycles. The second kappa shape index (κ2) is 10.5. The SMILES string of the molecule is CCOc1ccc(Br)cc1/C=C1\SC(=O)N(CC(=O)Nc2cc(C(F)(F)F)ccc2OC)C1=O. The lowest BCUT2D eigenvalue weighted by molar-refractivity contribution is -0.137. The van der Waals surface area contributed by atoms with E-state index >= 15 is 0 Å². The van der Waals surface area contributed by atoms with E-state index < -0.39 is 35.3 Å². The molecule has 0 atom stereocenters. The molecule has 180 valence electrons. The highest BCUT2D eigenvalue weighted by Gasteiger charge is 2.37. The maximum atomic E-state index is 13.0. The number of halogens is 4. The Balaban J connectivity index is 1.78. The number of hydrogen-bond acceptors (Lipinski definition) is 6. The van der Waals surface area contributed by atoms with Crippen LogP contribution >= 0.6 is 27.7 Å². The molecule has 1 aliphatic heterocycles. The monoisotopic (exact) mass is 558 g/mol. The number of benzene rings is 2. The molecule has 2 aromatic carbocycles. The van der Waals surface area contributed by atoms with E-state index in [0.717, 1.165) is 16.6 Å². The van der Waals surface area contributed by atoms with Crippen molar-refractivity contribution in [1.29, 1.82) is 0 Å². The number of anilines is 1. The van der Waals surface area contributed by atoms with Crippen molar-refractivity contribution in [2.75, 3.05) is 25.6 Å². The number of rotatable bonds is 7. The molecule has 0 aromatic heterocycles. The molecular formula is C22H18BrF3N2O5S. The van der Waals surface area contributed by atoms with Gasteiger partial charge in [0.25, 0.3) is 11.1 Å². The number of methoxy groups -OCH3 is 1. The molecular weight excluding hydrogens is 541 g/mol. The summed E-state index contributed by atoms with van der Waals surface area (Å²) in [4.78, 5) is 38.5. The van der Waals surface area contributed by atoms with Crippen molar-refractivity contribution >= 4 is 56.5 Å². The molecule has 0 bridgehead atoms. The maximum Gasteiger partial charge on any atom is 0.416 e. The average molecular weight is 559 g/mol. The van der Waals surface area contributed by atoms with Crippen LogP contribution in [0, 0.1) is 0 Å². The lowest BCUT2D eigenvalue weighted by Gasteiger charge is -2.16. The quantitative estimate of drug-likeness (QED) is 0.448. The second-order valence-electron chi connectivity index (χ2n) is 6.84. The second-order valence-corrected chi connectivity index (χ2v) is 8.75. The molecule has 3 rings (SSSR count). The van der Waals surface area contributed by atoms with Gasteiger partial charge in [-0.1, -0.05) is 15.9 Å². The third-order valence-electron chi connectivity index (χ3n) is 4.53. The molecule has 1 saturated heterocycles. The average Bonchev–Trinajstić information content (AvgIpc) is 3.02. The fourth-order valence-corrected chi connectivity index (χ4v) is 4.22. The Bertz CT molecular complexity index is 1170. The fourth-order valence-electron chi connectivity index (χ4n) is 3.01. The maximum absolute atomic E-state index is 13.0. The summed E-state index contributed by atoms with van der Waals surface area (Å²) in [5, 5.41) is 1.59. The number of nitrogens with zero attached hydrogens (tertiary/aromatic N) is 1. The van der Waals surface area contributed by atoms with Gasteiger partial charge in [0.15, 0.2) is 0 Å².